The summed E-state index contributed by atoms with van der Waals surface area (Å²) in [6.07, 6.45) is 2.13. The Bertz CT molecular complexity index is 244. The summed E-state index contributed by atoms with van der Waals surface area (Å²) in [5.74, 6) is 0.682. The predicted molar refractivity (Wildman–Crippen MR) is 53.8 cm³/mol. The lowest BCUT2D eigenvalue weighted by Crippen LogP contribution is -2.37. The average molecular weight is 197 g/mol. The predicted octanol–water partition coefficient (Wildman–Crippen LogP) is 1.33. The molecule has 2 rings (SSSR count). The van der Waals surface area contributed by atoms with E-state index in [1.54, 1.807) is 0 Å². The SMILES string of the molecule is CC(C)(C)OC(=O)[C@@H]1C[C@@H]2C[C@H]1CN2. The summed E-state index contributed by atoms with van der Waals surface area (Å²) in [5.41, 5.74) is -0.341. The summed E-state index contributed by atoms with van der Waals surface area (Å²) in [5, 5.41) is 3.40. The summed E-state index contributed by atoms with van der Waals surface area (Å²) in [6.45, 7) is 6.78. The van der Waals surface area contributed by atoms with Crippen molar-refractivity contribution in [3.63, 3.8) is 0 Å². The number of carbonyl (C=O) groups excluding carboxylic acids is 1. The van der Waals surface area contributed by atoms with Crippen LogP contribution in [0.25, 0.3) is 0 Å². The molecule has 1 N–H and O–H groups in total. The minimum Gasteiger partial charge on any atom is -0.460 e. The van der Waals surface area contributed by atoms with Crippen molar-refractivity contribution in [2.24, 2.45) is 11.8 Å². The van der Waals surface area contributed by atoms with Crippen molar-refractivity contribution < 1.29 is 9.53 Å². The monoisotopic (exact) mass is 197 g/mol. The number of hydrogen-bond acceptors (Lipinski definition) is 3. The van der Waals surface area contributed by atoms with E-state index in [4.69, 9.17) is 4.74 Å². The van der Waals surface area contributed by atoms with Gasteiger partial charge in [-0.05, 0) is 46.1 Å². The van der Waals surface area contributed by atoms with Gasteiger partial charge in [0.15, 0.2) is 0 Å². The molecule has 3 atom stereocenters. The van der Waals surface area contributed by atoms with Crippen molar-refractivity contribution in [3.8, 4) is 0 Å². The third-order valence-corrected chi connectivity index (χ3v) is 3.07. The normalized spacial score (nSPS) is 36.1. The van der Waals surface area contributed by atoms with Crippen LogP contribution in [0, 0.1) is 11.8 Å². The van der Waals surface area contributed by atoms with Gasteiger partial charge in [-0.3, -0.25) is 4.79 Å². The number of rotatable bonds is 1. The maximum Gasteiger partial charge on any atom is 0.309 e. The third-order valence-electron chi connectivity index (χ3n) is 3.07. The molecule has 0 aromatic rings. The lowest BCUT2D eigenvalue weighted by molar-refractivity contribution is -0.161. The Morgan fingerprint density at radius 1 is 1.36 bits per heavy atom. The number of carbonyl (C=O) groups is 1. The number of piperidine rings is 1. The van der Waals surface area contributed by atoms with Gasteiger partial charge in [-0.15, -0.1) is 0 Å². The molecule has 2 fully saturated rings. The standard InChI is InChI=1S/C11H19NO2/c1-11(2,3)14-10(13)9-5-8-4-7(9)6-12-8/h7-9,12H,4-6H2,1-3H3/t7-,8-,9+/m0/s1. The first-order valence-corrected chi connectivity index (χ1v) is 5.42. The van der Waals surface area contributed by atoms with E-state index in [0.717, 1.165) is 19.4 Å². The highest BCUT2D eigenvalue weighted by Crippen LogP contribution is 2.37. The molecule has 1 aliphatic carbocycles. The summed E-state index contributed by atoms with van der Waals surface area (Å²) in [6, 6.07) is 0.567. The summed E-state index contributed by atoms with van der Waals surface area (Å²) >= 11 is 0. The Labute approximate surface area is 85.2 Å². The van der Waals surface area contributed by atoms with Crippen LogP contribution in [0.4, 0.5) is 0 Å². The van der Waals surface area contributed by atoms with Crippen molar-refractivity contribution in [2.45, 2.75) is 45.3 Å². The van der Waals surface area contributed by atoms with Crippen LogP contribution in [0.1, 0.15) is 33.6 Å². The molecule has 1 aliphatic heterocycles. The van der Waals surface area contributed by atoms with Crippen LogP contribution in [0.3, 0.4) is 0 Å². The molecule has 1 heterocycles. The van der Waals surface area contributed by atoms with Crippen LogP contribution in [0.5, 0.6) is 0 Å². The molecule has 3 heteroatoms. The van der Waals surface area contributed by atoms with Gasteiger partial charge < -0.3 is 10.1 Å². The molecule has 0 unspecified atom stereocenters. The van der Waals surface area contributed by atoms with E-state index in [1.807, 2.05) is 20.8 Å². The third kappa shape index (κ3) is 1.92. The van der Waals surface area contributed by atoms with Gasteiger partial charge in [-0.25, -0.2) is 0 Å². The van der Waals surface area contributed by atoms with Gasteiger partial charge in [-0.2, -0.15) is 0 Å². The van der Waals surface area contributed by atoms with Crippen molar-refractivity contribution >= 4 is 5.97 Å². The molecule has 0 amide bonds. The first-order valence-electron chi connectivity index (χ1n) is 5.42. The number of esters is 1. The fourth-order valence-corrected chi connectivity index (χ4v) is 2.50. The quantitative estimate of drug-likeness (QED) is 0.644. The second-order valence-corrected chi connectivity index (χ2v) is 5.48. The Kier molecular flexibility index (Phi) is 2.30. The van der Waals surface area contributed by atoms with Crippen LogP contribution >= 0.6 is 0 Å². The van der Waals surface area contributed by atoms with E-state index >= 15 is 0 Å². The van der Waals surface area contributed by atoms with Gasteiger partial charge in [-0.1, -0.05) is 0 Å². The zero-order valence-electron chi connectivity index (χ0n) is 9.17. The van der Waals surface area contributed by atoms with Gasteiger partial charge in [0.25, 0.3) is 0 Å². The zero-order chi connectivity index (χ0) is 10.3. The lowest BCUT2D eigenvalue weighted by Gasteiger charge is -2.26. The van der Waals surface area contributed by atoms with Gasteiger partial charge in [0.1, 0.15) is 5.60 Å². The van der Waals surface area contributed by atoms with Gasteiger partial charge in [0, 0.05) is 6.04 Å². The maximum absolute atomic E-state index is 11.8. The topological polar surface area (TPSA) is 38.3 Å². The molecule has 2 bridgehead atoms. The number of fused-ring (bicyclic) bond motifs is 2. The molecule has 0 aromatic carbocycles. The molecule has 80 valence electrons. The summed E-state index contributed by atoms with van der Waals surface area (Å²) < 4.78 is 5.41. The molecule has 3 nitrogen and oxygen atoms in total. The molecular formula is C11H19NO2. The highest BCUT2D eigenvalue weighted by molar-refractivity contribution is 5.74. The van der Waals surface area contributed by atoms with E-state index in [-0.39, 0.29) is 17.5 Å². The minimum absolute atomic E-state index is 0.00602. The molecule has 1 saturated heterocycles. The van der Waals surface area contributed by atoms with Crippen LogP contribution < -0.4 is 5.32 Å². The second kappa shape index (κ2) is 3.23. The Morgan fingerprint density at radius 3 is 2.50 bits per heavy atom. The molecule has 1 saturated carbocycles. The first kappa shape index (κ1) is 9.97. The Hall–Kier alpha value is -0.570. The molecule has 0 spiro atoms. The number of hydrogen-bond donors (Lipinski definition) is 1. The smallest absolute Gasteiger partial charge is 0.309 e. The molecule has 0 aromatic heterocycles. The minimum atomic E-state index is -0.341. The molecule has 14 heavy (non-hydrogen) atoms. The van der Waals surface area contributed by atoms with E-state index in [0.29, 0.717) is 12.0 Å². The Morgan fingerprint density at radius 2 is 2.07 bits per heavy atom. The van der Waals surface area contributed by atoms with E-state index < -0.39 is 0 Å². The van der Waals surface area contributed by atoms with Crippen molar-refractivity contribution in [1.82, 2.24) is 5.32 Å². The van der Waals surface area contributed by atoms with E-state index in [2.05, 4.69) is 5.32 Å². The highest BCUT2D eigenvalue weighted by atomic mass is 16.6. The van der Waals surface area contributed by atoms with E-state index in [9.17, 15) is 4.79 Å². The van der Waals surface area contributed by atoms with Crippen molar-refractivity contribution in [2.75, 3.05) is 6.54 Å². The molecule has 2 aliphatic rings. The fourth-order valence-electron chi connectivity index (χ4n) is 2.50. The van der Waals surface area contributed by atoms with Crippen LogP contribution in [0.15, 0.2) is 0 Å². The van der Waals surface area contributed by atoms with Crippen molar-refractivity contribution in [3.05, 3.63) is 0 Å². The number of nitrogens with one attached hydrogen (secondary N) is 1. The van der Waals surface area contributed by atoms with Crippen molar-refractivity contribution in [1.29, 1.82) is 0 Å². The van der Waals surface area contributed by atoms with Crippen LogP contribution in [-0.2, 0) is 9.53 Å². The molecule has 0 radical (unpaired) electrons. The maximum atomic E-state index is 11.8. The largest absolute Gasteiger partial charge is 0.460 e. The zero-order valence-corrected chi connectivity index (χ0v) is 9.17. The van der Waals surface area contributed by atoms with Crippen LogP contribution in [-0.4, -0.2) is 24.2 Å². The average Bonchev–Trinajstić information content (AvgIpc) is 2.59. The van der Waals surface area contributed by atoms with Crippen LogP contribution in [0.2, 0.25) is 0 Å². The lowest BCUT2D eigenvalue weighted by atomic mass is 9.95. The van der Waals surface area contributed by atoms with Gasteiger partial charge >= 0.3 is 5.97 Å². The highest BCUT2D eigenvalue weighted by Gasteiger charge is 2.44. The van der Waals surface area contributed by atoms with E-state index in [1.165, 1.54) is 0 Å². The fraction of sp³-hybridized carbons (Fsp3) is 0.909. The summed E-state index contributed by atoms with van der Waals surface area (Å²) in [4.78, 5) is 11.8. The molecular weight excluding hydrogens is 178 g/mol. The van der Waals surface area contributed by atoms with Gasteiger partial charge in [0.05, 0.1) is 5.92 Å². The first-order chi connectivity index (χ1) is 6.46. The second-order valence-electron chi connectivity index (χ2n) is 5.48. The number of ether oxygens (including phenoxy) is 1. The van der Waals surface area contributed by atoms with Gasteiger partial charge in [0.2, 0.25) is 0 Å². The Balaban J connectivity index is 1.93. The summed E-state index contributed by atoms with van der Waals surface area (Å²) in [7, 11) is 0.